The fourth-order valence-corrected chi connectivity index (χ4v) is 5.90. The summed E-state index contributed by atoms with van der Waals surface area (Å²) in [6.07, 6.45) is 2.39. The third-order valence-electron chi connectivity index (χ3n) is 8.20. The van der Waals surface area contributed by atoms with E-state index in [-0.39, 0.29) is 30.5 Å². The third-order valence-corrected chi connectivity index (χ3v) is 8.20. The number of ether oxygens (including phenoxy) is 1. The standard InChI is InChI=1S/C34H36F3N3O3/c1-21-6-3-4-8-24(21)15-16-38-34(42)31-27(18-26-19-40(22(2)41)20-30(31)39-26)25-11-9-23(10-12-25)7-5-17-43-33-29(36)14-13-28(35)32(33)37/h3-4,6,8-14,26,30,39H,5,7,15-20H2,1-2H3,(H,38,42). The van der Waals surface area contributed by atoms with E-state index in [0.29, 0.717) is 44.5 Å². The molecule has 3 aromatic carbocycles. The molecule has 3 aromatic rings. The van der Waals surface area contributed by atoms with Crippen molar-refractivity contribution in [1.29, 1.82) is 0 Å². The minimum absolute atomic E-state index is 0.00420. The summed E-state index contributed by atoms with van der Waals surface area (Å²) in [6.45, 7) is 5.16. The number of amides is 2. The van der Waals surface area contributed by atoms with Crippen LogP contribution in [0.25, 0.3) is 5.57 Å². The number of fused-ring (bicyclic) bond motifs is 2. The molecule has 0 aromatic heterocycles. The largest absolute Gasteiger partial charge is 0.488 e. The van der Waals surface area contributed by atoms with E-state index in [0.717, 1.165) is 35.3 Å². The molecular formula is C34H36F3N3O3. The highest BCUT2D eigenvalue weighted by atomic mass is 19.2. The minimum atomic E-state index is -1.33. The van der Waals surface area contributed by atoms with Crippen molar-refractivity contribution in [2.75, 3.05) is 26.2 Å². The quantitative estimate of drug-likeness (QED) is 0.254. The van der Waals surface area contributed by atoms with Crippen molar-refractivity contribution in [3.8, 4) is 5.75 Å². The summed E-state index contributed by atoms with van der Waals surface area (Å²) in [5.74, 6) is -4.27. The lowest BCUT2D eigenvalue weighted by Gasteiger charge is -2.44. The van der Waals surface area contributed by atoms with Crippen LogP contribution in [-0.4, -0.2) is 55.0 Å². The van der Waals surface area contributed by atoms with E-state index in [4.69, 9.17) is 4.74 Å². The van der Waals surface area contributed by atoms with Crippen LogP contribution < -0.4 is 15.4 Å². The van der Waals surface area contributed by atoms with Crippen LogP contribution in [0.3, 0.4) is 0 Å². The van der Waals surface area contributed by atoms with Gasteiger partial charge in [-0.15, -0.1) is 0 Å². The van der Waals surface area contributed by atoms with E-state index in [1.807, 2.05) is 36.4 Å². The number of hydrogen-bond acceptors (Lipinski definition) is 4. The predicted octanol–water partition coefficient (Wildman–Crippen LogP) is 5.13. The van der Waals surface area contributed by atoms with E-state index in [1.54, 1.807) is 11.8 Å². The van der Waals surface area contributed by atoms with Gasteiger partial charge in [-0.25, -0.2) is 8.78 Å². The van der Waals surface area contributed by atoms with Crippen LogP contribution >= 0.6 is 0 Å². The second-order valence-corrected chi connectivity index (χ2v) is 11.2. The maximum atomic E-state index is 13.8. The van der Waals surface area contributed by atoms with Gasteiger partial charge in [0.2, 0.25) is 17.6 Å². The smallest absolute Gasteiger partial charge is 0.249 e. The highest BCUT2D eigenvalue weighted by molar-refractivity contribution is 6.03. The molecule has 5 rings (SSSR count). The maximum Gasteiger partial charge on any atom is 0.249 e. The van der Waals surface area contributed by atoms with Crippen molar-refractivity contribution in [1.82, 2.24) is 15.5 Å². The fraction of sp³-hybridized carbons (Fsp3) is 0.353. The summed E-state index contributed by atoms with van der Waals surface area (Å²) < 4.78 is 46.2. The Bertz CT molecular complexity index is 1520. The lowest BCUT2D eigenvalue weighted by Crippen LogP contribution is -2.61. The number of halogens is 3. The predicted molar refractivity (Wildman–Crippen MR) is 159 cm³/mol. The number of hydrogen-bond donors (Lipinski definition) is 2. The van der Waals surface area contributed by atoms with E-state index in [1.165, 1.54) is 11.1 Å². The molecule has 2 heterocycles. The molecule has 1 fully saturated rings. The van der Waals surface area contributed by atoms with Gasteiger partial charge in [-0.3, -0.25) is 9.59 Å². The van der Waals surface area contributed by atoms with Crippen molar-refractivity contribution in [3.63, 3.8) is 0 Å². The second kappa shape index (κ2) is 13.5. The Morgan fingerprint density at radius 1 is 0.977 bits per heavy atom. The van der Waals surface area contributed by atoms with Crippen LogP contribution in [0, 0.1) is 24.4 Å². The second-order valence-electron chi connectivity index (χ2n) is 11.2. The monoisotopic (exact) mass is 591 g/mol. The normalized spacial score (nSPS) is 18.0. The Kier molecular flexibility index (Phi) is 9.50. The molecule has 0 radical (unpaired) electrons. The Labute approximate surface area is 249 Å². The van der Waals surface area contributed by atoms with Gasteiger partial charge in [0.25, 0.3) is 0 Å². The molecule has 2 aliphatic heterocycles. The number of benzene rings is 3. The molecule has 2 aliphatic rings. The van der Waals surface area contributed by atoms with Crippen LogP contribution in [0.1, 0.15) is 42.0 Å². The van der Waals surface area contributed by atoms with E-state index in [2.05, 4.69) is 29.7 Å². The molecule has 6 nitrogen and oxygen atoms in total. The lowest BCUT2D eigenvalue weighted by atomic mass is 9.83. The number of aryl methyl sites for hydroxylation is 2. The SMILES string of the molecule is CC(=O)N1CC2CC(c3ccc(CCCOc4c(F)ccc(F)c4F)cc3)=C(C(=O)NCCc3ccccc3C)C(C1)N2. The van der Waals surface area contributed by atoms with Gasteiger partial charge >= 0.3 is 0 Å². The molecule has 0 saturated carbocycles. The molecule has 2 amide bonds. The number of nitrogens with one attached hydrogen (secondary N) is 2. The van der Waals surface area contributed by atoms with Crippen LogP contribution in [0.15, 0.2) is 66.2 Å². The molecule has 1 saturated heterocycles. The van der Waals surface area contributed by atoms with Gasteiger partial charge in [-0.2, -0.15) is 4.39 Å². The lowest BCUT2D eigenvalue weighted by molar-refractivity contribution is -0.131. The molecule has 0 spiro atoms. The van der Waals surface area contributed by atoms with Gasteiger partial charge in [-0.05, 0) is 72.6 Å². The number of piperazine rings is 1. The zero-order chi connectivity index (χ0) is 30.5. The summed E-state index contributed by atoms with van der Waals surface area (Å²) in [5.41, 5.74) is 5.94. The molecule has 2 atom stereocenters. The highest BCUT2D eigenvalue weighted by Gasteiger charge is 2.39. The van der Waals surface area contributed by atoms with Crippen molar-refractivity contribution in [2.45, 2.75) is 51.6 Å². The first-order valence-corrected chi connectivity index (χ1v) is 14.6. The molecule has 0 aliphatic carbocycles. The first kappa shape index (κ1) is 30.4. The Balaban J connectivity index is 1.28. The molecule has 2 unspecified atom stereocenters. The van der Waals surface area contributed by atoms with E-state index >= 15 is 0 Å². The number of carbonyl (C=O) groups excluding carboxylic acids is 2. The summed E-state index contributed by atoms with van der Waals surface area (Å²) >= 11 is 0. The van der Waals surface area contributed by atoms with Gasteiger partial charge in [0.1, 0.15) is 0 Å². The Hall–Kier alpha value is -4.11. The van der Waals surface area contributed by atoms with Crippen molar-refractivity contribution >= 4 is 17.4 Å². The molecule has 226 valence electrons. The Morgan fingerprint density at radius 3 is 2.47 bits per heavy atom. The average molecular weight is 592 g/mol. The number of carbonyl (C=O) groups is 2. The summed E-state index contributed by atoms with van der Waals surface area (Å²) in [7, 11) is 0. The van der Waals surface area contributed by atoms with Crippen molar-refractivity contribution in [2.24, 2.45) is 0 Å². The van der Waals surface area contributed by atoms with Gasteiger partial charge in [0.05, 0.1) is 12.6 Å². The van der Waals surface area contributed by atoms with Crippen molar-refractivity contribution in [3.05, 3.63) is 106 Å². The summed E-state index contributed by atoms with van der Waals surface area (Å²) in [6, 6.07) is 17.4. The number of rotatable bonds is 10. The first-order valence-electron chi connectivity index (χ1n) is 14.6. The van der Waals surface area contributed by atoms with E-state index in [9.17, 15) is 22.8 Å². The first-order chi connectivity index (χ1) is 20.7. The van der Waals surface area contributed by atoms with Gasteiger partial charge in [0.15, 0.2) is 17.4 Å². The molecule has 2 bridgehead atoms. The van der Waals surface area contributed by atoms with Crippen LogP contribution in [0.4, 0.5) is 13.2 Å². The van der Waals surface area contributed by atoms with E-state index < -0.39 is 23.2 Å². The Morgan fingerprint density at radius 2 is 1.72 bits per heavy atom. The van der Waals surface area contributed by atoms with Crippen LogP contribution in [-0.2, 0) is 22.4 Å². The molecule has 43 heavy (non-hydrogen) atoms. The van der Waals surface area contributed by atoms with Gasteiger partial charge < -0.3 is 20.3 Å². The zero-order valence-electron chi connectivity index (χ0n) is 24.4. The third kappa shape index (κ3) is 7.10. The minimum Gasteiger partial charge on any atom is -0.488 e. The number of nitrogens with zero attached hydrogens (tertiary/aromatic N) is 1. The average Bonchev–Trinajstić information content (AvgIpc) is 2.99. The highest BCUT2D eigenvalue weighted by Crippen LogP contribution is 2.33. The topological polar surface area (TPSA) is 70.7 Å². The molecular weight excluding hydrogens is 555 g/mol. The molecule has 2 N–H and O–H groups in total. The van der Waals surface area contributed by atoms with Gasteiger partial charge in [0, 0.05) is 38.2 Å². The van der Waals surface area contributed by atoms with Crippen LogP contribution in [0.5, 0.6) is 5.75 Å². The van der Waals surface area contributed by atoms with Gasteiger partial charge in [-0.1, -0.05) is 48.5 Å². The van der Waals surface area contributed by atoms with Crippen LogP contribution in [0.2, 0.25) is 0 Å². The molecule has 9 heteroatoms. The van der Waals surface area contributed by atoms with Crippen molar-refractivity contribution < 1.29 is 27.5 Å². The maximum absolute atomic E-state index is 13.8. The fourth-order valence-electron chi connectivity index (χ4n) is 5.90. The zero-order valence-corrected chi connectivity index (χ0v) is 24.4. The summed E-state index contributed by atoms with van der Waals surface area (Å²) in [5, 5.41) is 6.67. The summed E-state index contributed by atoms with van der Waals surface area (Å²) in [4.78, 5) is 27.7.